The van der Waals surface area contributed by atoms with Gasteiger partial charge in [0.1, 0.15) is 18.7 Å². The van der Waals surface area contributed by atoms with Gasteiger partial charge in [0.2, 0.25) is 5.91 Å². The lowest BCUT2D eigenvalue weighted by molar-refractivity contribution is -0.150. The summed E-state index contributed by atoms with van der Waals surface area (Å²) in [6, 6.07) is 7.51. The molecule has 1 aromatic carbocycles. The van der Waals surface area contributed by atoms with Crippen molar-refractivity contribution in [3.05, 3.63) is 35.9 Å². The molecule has 0 aliphatic carbocycles. The van der Waals surface area contributed by atoms with Crippen molar-refractivity contribution in [1.29, 1.82) is 0 Å². The number of rotatable bonds is 8. The second-order valence-corrected chi connectivity index (χ2v) is 9.26. The highest BCUT2D eigenvalue weighted by Crippen LogP contribution is 2.19. The van der Waals surface area contributed by atoms with E-state index in [0.29, 0.717) is 25.8 Å². The summed E-state index contributed by atoms with van der Waals surface area (Å²) in [6.45, 7) is 10.00. The molecule has 0 bridgehead atoms. The Balaban J connectivity index is 1.98. The molecular weight excluding hydrogens is 398 g/mol. The Morgan fingerprint density at radius 2 is 1.84 bits per heavy atom. The van der Waals surface area contributed by atoms with E-state index < -0.39 is 29.7 Å². The maximum absolute atomic E-state index is 13.0. The number of nitrogens with zero attached hydrogens (tertiary/aromatic N) is 1. The molecule has 0 spiro atoms. The van der Waals surface area contributed by atoms with E-state index in [1.807, 2.05) is 65.0 Å². The van der Waals surface area contributed by atoms with Crippen LogP contribution < -0.4 is 10.8 Å². The van der Waals surface area contributed by atoms with Gasteiger partial charge in [0, 0.05) is 6.54 Å². The van der Waals surface area contributed by atoms with Gasteiger partial charge >= 0.3 is 12.0 Å². The van der Waals surface area contributed by atoms with E-state index in [1.165, 1.54) is 4.90 Å². The third-order valence-corrected chi connectivity index (χ3v) is 4.79. The quantitative estimate of drug-likeness (QED) is 0.485. The molecule has 1 aliphatic rings. The number of urea groups is 1. The molecule has 2 atom stereocenters. The first-order valence-corrected chi connectivity index (χ1v) is 10.8. The van der Waals surface area contributed by atoms with E-state index >= 15 is 0 Å². The molecular formula is C23H35N3O5. The third kappa shape index (κ3) is 8.20. The van der Waals surface area contributed by atoms with Gasteiger partial charge in [-0.05, 0) is 51.5 Å². The van der Waals surface area contributed by atoms with Crippen LogP contribution in [0.2, 0.25) is 0 Å². The van der Waals surface area contributed by atoms with E-state index in [4.69, 9.17) is 9.57 Å². The Morgan fingerprint density at radius 3 is 2.45 bits per heavy atom. The lowest BCUT2D eigenvalue weighted by atomic mass is 10.0. The Hall–Kier alpha value is -2.61. The second kappa shape index (κ2) is 11.1. The van der Waals surface area contributed by atoms with Crippen LogP contribution in [0.4, 0.5) is 4.79 Å². The Kier molecular flexibility index (Phi) is 8.86. The number of benzene rings is 1. The van der Waals surface area contributed by atoms with Crippen LogP contribution in [0.3, 0.4) is 0 Å². The largest absolute Gasteiger partial charge is 0.459 e. The van der Waals surface area contributed by atoms with Crippen LogP contribution in [-0.2, 0) is 25.8 Å². The van der Waals surface area contributed by atoms with Crippen LogP contribution in [0.25, 0.3) is 0 Å². The van der Waals surface area contributed by atoms with Gasteiger partial charge in [-0.3, -0.25) is 9.63 Å². The summed E-state index contributed by atoms with van der Waals surface area (Å²) in [5, 5.41) is 2.81. The number of ether oxygens (including phenoxy) is 1. The zero-order chi connectivity index (χ0) is 23.0. The number of hydrogen-bond acceptors (Lipinski definition) is 5. The highest BCUT2D eigenvalue weighted by atomic mass is 16.7. The third-order valence-electron chi connectivity index (χ3n) is 4.79. The molecule has 0 saturated carbocycles. The minimum atomic E-state index is -0.771. The molecule has 3 amide bonds. The first kappa shape index (κ1) is 24.7. The van der Waals surface area contributed by atoms with Crippen molar-refractivity contribution < 1.29 is 24.0 Å². The topological polar surface area (TPSA) is 97.0 Å². The normalized spacial score (nSPS) is 17.4. The van der Waals surface area contributed by atoms with Crippen LogP contribution in [0.15, 0.2) is 30.3 Å². The number of carbonyl (C=O) groups excluding carboxylic acids is 3. The summed E-state index contributed by atoms with van der Waals surface area (Å²) in [5.41, 5.74) is 2.75. The minimum absolute atomic E-state index is 0.145. The van der Waals surface area contributed by atoms with Crippen molar-refractivity contribution in [3.63, 3.8) is 0 Å². The van der Waals surface area contributed by atoms with Crippen molar-refractivity contribution in [3.8, 4) is 0 Å². The van der Waals surface area contributed by atoms with E-state index in [2.05, 4.69) is 10.8 Å². The fraction of sp³-hybridized carbons (Fsp3) is 0.609. The Morgan fingerprint density at radius 1 is 1.16 bits per heavy atom. The lowest BCUT2D eigenvalue weighted by Gasteiger charge is -2.28. The minimum Gasteiger partial charge on any atom is -0.459 e. The van der Waals surface area contributed by atoms with Gasteiger partial charge in [-0.15, -0.1) is 0 Å². The number of carbonyl (C=O) groups is 3. The average molecular weight is 434 g/mol. The van der Waals surface area contributed by atoms with E-state index in [9.17, 15) is 14.4 Å². The van der Waals surface area contributed by atoms with Crippen molar-refractivity contribution >= 4 is 17.9 Å². The van der Waals surface area contributed by atoms with Gasteiger partial charge in [-0.1, -0.05) is 44.2 Å². The Labute approximate surface area is 184 Å². The van der Waals surface area contributed by atoms with Crippen LogP contribution in [0.1, 0.15) is 59.4 Å². The molecule has 0 radical (unpaired) electrons. The van der Waals surface area contributed by atoms with Crippen LogP contribution >= 0.6 is 0 Å². The van der Waals surface area contributed by atoms with Gasteiger partial charge in [0.15, 0.2) is 0 Å². The maximum Gasteiger partial charge on any atom is 0.342 e. The molecule has 1 heterocycles. The molecule has 172 valence electrons. The molecule has 0 unspecified atom stereocenters. The SMILES string of the molecule is CC(C)C[C@H](NC(=O)[C@H]1CCCN1C(=O)NOC(C)(C)C)C(=O)OCc1ccccc1. The lowest BCUT2D eigenvalue weighted by Crippen LogP contribution is -2.53. The average Bonchev–Trinajstić information content (AvgIpc) is 3.19. The van der Waals surface area contributed by atoms with E-state index in [-0.39, 0.29) is 18.4 Å². The first-order valence-electron chi connectivity index (χ1n) is 10.8. The summed E-state index contributed by atoms with van der Waals surface area (Å²) in [5.74, 6) is -0.653. The number of nitrogens with one attached hydrogen (secondary N) is 2. The molecule has 31 heavy (non-hydrogen) atoms. The summed E-state index contributed by atoms with van der Waals surface area (Å²) in [4.78, 5) is 44.9. The fourth-order valence-corrected chi connectivity index (χ4v) is 3.32. The van der Waals surface area contributed by atoms with Gasteiger partial charge in [-0.2, -0.15) is 0 Å². The van der Waals surface area contributed by atoms with Crippen LogP contribution in [0, 0.1) is 5.92 Å². The maximum atomic E-state index is 13.0. The van der Waals surface area contributed by atoms with Crippen LogP contribution in [-0.4, -0.2) is 47.0 Å². The van der Waals surface area contributed by atoms with Gasteiger partial charge < -0.3 is 15.0 Å². The van der Waals surface area contributed by atoms with E-state index in [0.717, 1.165) is 5.56 Å². The van der Waals surface area contributed by atoms with Gasteiger partial charge in [0.05, 0.1) is 5.60 Å². The van der Waals surface area contributed by atoms with Gasteiger partial charge in [0.25, 0.3) is 0 Å². The summed E-state index contributed by atoms with van der Waals surface area (Å²) in [7, 11) is 0. The zero-order valence-corrected chi connectivity index (χ0v) is 19.1. The molecule has 1 saturated heterocycles. The summed E-state index contributed by atoms with van der Waals surface area (Å²) in [6.07, 6.45) is 1.68. The van der Waals surface area contributed by atoms with Crippen molar-refractivity contribution in [2.75, 3.05) is 6.54 Å². The zero-order valence-electron chi connectivity index (χ0n) is 19.1. The molecule has 1 aromatic rings. The van der Waals surface area contributed by atoms with Crippen molar-refractivity contribution in [2.24, 2.45) is 5.92 Å². The molecule has 1 aliphatic heterocycles. The highest BCUT2D eigenvalue weighted by molar-refractivity contribution is 5.90. The molecule has 8 heteroatoms. The summed E-state index contributed by atoms with van der Waals surface area (Å²) >= 11 is 0. The molecule has 2 N–H and O–H groups in total. The second-order valence-electron chi connectivity index (χ2n) is 9.26. The number of likely N-dealkylation sites (tertiary alicyclic amines) is 1. The first-order chi connectivity index (χ1) is 14.6. The number of hydrogen-bond donors (Lipinski definition) is 2. The van der Waals surface area contributed by atoms with Gasteiger partial charge in [-0.25, -0.2) is 15.1 Å². The van der Waals surface area contributed by atoms with Crippen LogP contribution in [0.5, 0.6) is 0 Å². The predicted octanol–water partition coefficient (Wildman–Crippen LogP) is 3.16. The molecule has 0 aromatic heterocycles. The molecule has 8 nitrogen and oxygen atoms in total. The Bertz CT molecular complexity index is 745. The molecule has 2 rings (SSSR count). The smallest absolute Gasteiger partial charge is 0.342 e. The monoisotopic (exact) mass is 433 g/mol. The molecule has 1 fully saturated rings. The highest BCUT2D eigenvalue weighted by Gasteiger charge is 2.36. The number of amides is 3. The van der Waals surface area contributed by atoms with E-state index in [1.54, 1.807) is 0 Å². The van der Waals surface area contributed by atoms with Crippen molar-refractivity contribution in [2.45, 2.75) is 78.2 Å². The fourth-order valence-electron chi connectivity index (χ4n) is 3.32. The predicted molar refractivity (Wildman–Crippen MR) is 117 cm³/mol. The van der Waals surface area contributed by atoms with Crippen molar-refractivity contribution in [1.82, 2.24) is 15.7 Å². The summed E-state index contributed by atoms with van der Waals surface area (Å²) < 4.78 is 5.44. The number of esters is 1. The number of hydroxylamine groups is 1. The standard InChI is InChI=1S/C23H35N3O5/c1-16(2)14-18(21(28)30-15-17-10-7-6-8-11-17)24-20(27)19-12-9-13-26(19)22(29)25-31-23(3,4)5/h6-8,10-11,16,18-19H,9,12-15H2,1-5H3,(H,24,27)(H,25,29)/t18-,19+/m0/s1.